The van der Waals surface area contributed by atoms with Gasteiger partial charge in [-0.05, 0) is 12.1 Å². The highest BCUT2D eigenvalue weighted by molar-refractivity contribution is 7.92. The molecule has 2 N–H and O–H groups in total. The molecular weight excluding hydrogens is 242 g/mol. The minimum atomic E-state index is -3.47. The molecule has 0 saturated heterocycles. The average Bonchev–Trinajstić information content (AvgIpc) is 2.05. The molecule has 0 radical (unpaired) electrons. The number of aromatic carboxylic acids is 1. The van der Waals surface area contributed by atoms with E-state index < -0.39 is 16.0 Å². The maximum Gasteiger partial charge on any atom is 0.337 e. The van der Waals surface area contributed by atoms with E-state index in [9.17, 15) is 13.2 Å². The Kier molecular flexibility index (Phi) is 3.21. The van der Waals surface area contributed by atoms with Crippen LogP contribution in [0.5, 0.6) is 0 Å². The van der Waals surface area contributed by atoms with Gasteiger partial charge in [0.05, 0.1) is 22.5 Å². The third kappa shape index (κ3) is 3.10. The lowest BCUT2D eigenvalue weighted by atomic mass is 10.2. The van der Waals surface area contributed by atoms with Gasteiger partial charge in [-0.1, -0.05) is 17.7 Å². The van der Waals surface area contributed by atoms with Crippen LogP contribution < -0.4 is 4.72 Å². The van der Waals surface area contributed by atoms with Crippen LogP contribution in [0.2, 0.25) is 5.02 Å². The van der Waals surface area contributed by atoms with E-state index in [1.165, 1.54) is 18.2 Å². The molecule has 0 unspecified atom stereocenters. The molecule has 1 rings (SSSR count). The monoisotopic (exact) mass is 249 g/mol. The Morgan fingerprint density at radius 1 is 1.47 bits per heavy atom. The fourth-order valence-electron chi connectivity index (χ4n) is 0.976. The SMILES string of the molecule is CS(=O)(=O)Nc1cccc(C(=O)O)c1Cl. The summed E-state index contributed by atoms with van der Waals surface area (Å²) in [5, 5.41) is 8.60. The quantitative estimate of drug-likeness (QED) is 0.848. The van der Waals surface area contributed by atoms with E-state index in [-0.39, 0.29) is 16.3 Å². The topological polar surface area (TPSA) is 83.5 Å². The summed E-state index contributed by atoms with van der Waals surface area (Å²) in [5.41, 5.74) is -0.0932. The maximum absolute atomic E-state index is 10.9. The maximum atomic E-state index is 10.9. The van der Waals surface area contributed by atoms with Crippen molar-refractivity contribution in [1.82, 2.24) is 0 Å². The van der Waals surface area contributed by atoms with Gasteiger partial charge in [-0.25, -0.2) is 13.2 Å². The van der Waals surface area contributed by atoms with Gasteiger partial charge in [-0.3, -0.25) is 4.72 Å². The first kappa shape index (κ1) is 11.8. The normalized spacial score (nSPS) is 11.1. The molecule has 82 valence electrons. The number of carboxylic acids is 1. The number of halogens is 1. The van der Waals surface area contributed by atoms with Crippen LogP contribution in [0, 0.1) is 0 Å². The van der Waals surface area contributed by atoms with Gasteiger partial charge < -0.3 is 5.11 Å². The van der Waals surface area contributed by atoms with Gasteiger partial charge in [0, 0.05) is 0 Å². The zero-order chi connectivity index (χ0) is 11.6. The molecule has 0 heterocycles. The third-order valence-corrected chi connectivity index (χ3v) is 2.52. The molecule has 0 aromatic heterocycles. The first-order valence-electron chi connectivity index (χ1n) is 3.81. The van der Waals surface area contributed by atoms with Gasteiger partial charge in [0.2, 0.25) is 10.0 Å². The van der Waals surface area contributed by atoms with Gasteiger partial charge in [0.1, 0.15) is 0 Å². The van der Waals surface area contributed by atoms with Crippen molar-refractivity contribution in [2.24, 2.45) is 0 Å². The summed E-state index contributed by atoms with van der Waals surface area (Å²) in [7, 11) is -3.47. The summed E-state index contributed by atoms with van der Waals surface area (Å²) in [5.74, 6) is -1.21. The summed E-state index contributed by atoms with van der Waals surface area (Å²) in [4.78, 5) is 10.7. The standard InChI is InChI=1S/C8H8ClNO4S/c1-15(13,14)10-6-4-2-3-5(7(6)9)8(11)12/h2-4,10H,1H3,(H,11,12). The number of anilines is 1. The summed E-state index contributed by atoms with van der Waals surface area (Å²) in [6.07, 6.45) is 0.955. The highest BCUT2D eigenvalue weighted by Gasteiger charge is 2.13. The van der Waals surface area contributed by atoms with Crippen LogP contribution in [0.1, 0.15) is 10.4 Å². The predicted molar refractivity (Wildman–Crippen MR) is 56.9 cm³/mol. The number of carbonyl (C=O) groups is 1. The van der Waals surface area contributed by atoms with Crippen LogP contribution in [0.4, 0.5) is 5.69 Å². The van der Waals surface area contributed by atoms with E-state index in [0.717, 1.165) is 6.26 Å². The Balaban J connectivity index is 3.22. The Labute approximate surface area is 91.7 Å². The summed E-state index contributed by atoms with van der Waals surface area (Å²) in [6, 6.07) is 4.08. The van der Waals surface area contributed by atoms with Crippen molar-refractivity contribution < 1.29 is 18.3 Å². The van der Waals surface area contributed by atoms with Crippen LogP contribution in [0.3, 0.4) is 0 Å². The molecule has 0 saturated carbocycles. The molecule has 0 atom stereocenters. The predicted octanol–water partition coefficient (Wildman–Crippen LogP) is 1.41. The minimum Gasteiger partial charge on any atom is -0.478 e. The number of hydrogen-bond donors (Lipinski definition) is 2. The average molecular weight is 250 g/mol. The molecule has 7 heteroatoms. The van der Waals surface area contributed by atoms with Crippen LogP contribution in [-0.4, -0.2) is 25.7 Å². The fourth-order valence-corrected chi connectivity index (χ4v) is 1.86. The lowest BCUT2D eigenvalue weighted by Crippen LogP contribution is -2.11. The number of carboxylic acid groups (broad SMARTS) is 1. The second-order valence-electron chi connectivity index (χ2n) is 2.85. The highest BCUT2D eigenvalue weighted by atomic mass is 35.5. The molecule has 0 bridgehead atoms. The van der Waals surface area contributed by atoms with Crippen LogP contribution in [0.25, 0.3) is 0 Å². The Morgan fingerprint density at radius 3 is 2.53 bits per heavy atom. The Hall–Kier alpha value is -1.27. The van der Waals surface area contributed by atoms with E-state index in [0.29, 0.717) is 0 Å². The first-order valence-corrected chi connectivity index (χ1v) is 6.08. The molecule has 1 aromatic rings. The van der Waals surface area contributed by atoms with Crippen molar-refractivity contribution >= 4 is 33.3 Å². The molecule has 0 aliphatic heterocycles. The Bertz CT molecular complexity index is 497. The van der Waals surface area contributed by atoms with Crippen LogP contribution in [-0.2, 0) is 10.0 Å². The first-order chi connectivity index (χ1) is 6.81. The molecule has 0 fully saturated rings. The number of benzene rings is 1. The largest absolute Gasteiger partial charge is 0.478 e. The van der Waals surface area contributed by atoms with Gasteiger partial charge in [-0.2, -0.15) is 0 Å². The number of nitrogens with one attached hydrogen (secondary N) is 1. The molecule has 5 nitrogen and oxygen atoms in total. The van der Waals surface area contributed by atoms with E-state index in [1.54, 1.807) is 0 Å². The highest BCUT2D eigenvalue weighted by Crippen LogP contribution is 2.26. The van der Waals surface area contributed by atoms with Gasteiger partial charge in [0.15, 0.2) is 0 Å². The molecule has 0 aliphatic carbocycles. The summed E-state index contributed by atoms with van der Waals surface area (Å²) in [6.45, 7) is 0. The van der Waals surface area contributed by atoms with Crippen molar-refractivity contribution in [2.75, 3.05) is 11.0 Å². The molecular formula is C8H8ClNO4S. The van der Waals surface area contributed by atoms with Crippen molar-refractivity contribution in [1.29, 1.82) is 0 Å². The fraction of sp³-hybridized carbons (Fsp3) is 0.125. The second-order valence-corrected chi connectivity index (χ2v) is 4.97. The number of rotatable bonds is 3. The zero-order valence-electron chi connectivity index (χ0n) is 7.69. The van der Waals surface area contributed by atoms with Crippen LogP contribution >= 0.6 is 11.6 Å². The lowest BCUT2D eigenvalue weighted by Gasteiger charge is -2.07. The van der Waals surface area contributed by atoms with E-state index in [1.807, 2.05) is 0 Å². The second kappa shape index (κ2) is 4.08. The van der Waals surface area contributed by atoms with Crippen molar-refractivity contribution in [2.45, 2.75) is 0 Å². The molecule has 1 aromatic carbocycles. The summed E-state index contributed by atoms with van der Waals surface area (Å²) >= 11 is 5.70. The number of sulfonamides is 1. The number of hydrogen-bond acceptors (Lipinski definition) is 3. The Morgan fingerprint density at radius 2 is 2.07 bits per heavy atom. The van der Waals surface area contributed by atoms with Crippen molar-refractivity contribution in [3.05, 3.63) is 28.8 Å². The van der Waals surface area contributed by atoms with Crippen molar-refractivity contribution in [3.63, 3.8) is 0 Å². The molecule has 15 heavy (non-hydrogen) atoms. The lowest BCUT2D eigenvalue weighted by molar-refractivity contribution is 0.0697. The van der Waals surface area contributed by atoms with Crippen molar-refractivity contribution in [3.8, 4) is 0 Å². The molecule has 0 amide bonds. The summed E-state index contributed by atoms with van der Waals surface area (Å²) < 4.78 is 24.0. The molecule has 0 aliphatic rings. The molecule has 0 spiro atoms. The third-order valence-electron chi connectivity index (χ3n) is 1.52. The van der Waals surface area contributed by atoms with Gasteiger partial charge >= 0.3 is 5.97 Å². The smallest absolute Gasteiger partial charge is 0.337 e. The van der Waals surface area contributed by atoms with E-state index in [2.05, 4.69) is 4.72 Å². The van der Waals surface area contributed by atoms with E-state index in [4.69, 9.17) is 16.7 Å². The van der Waals surface area contributed by atoms with Gasteiger partial charge in [0.25, 0.3) is 0 Å². The van der Waals surface area contributed by atoms with E-state index >= 15 is 0 Å². The van der Waals surface area contributed by atoms with Gasteiger partial charge in [-0.15, -0.1) is 0 Å². The van der Waals surface area contributed by atoms with Crippen LogP contribution in [0.15, 0.2) is 18.2 Å². The minimum absolute atomic E-state index is 0.0547. The zero-order valence-corrected chi connectivity index (χ0v) is 9.26.